The molecule has 1 fully saturated rings. The van der Waals surface area contributed by atoms with E-state index in [9.17, 15) is 0 Å². The number of likely N-dealkylation sites (tertiary alicyclic amines) is 1. The van der Waals surface area contributed by atoms with E-state index in [0.717, 1.165) is 35.0 Å². The second-order valence-corrected chi connectivity index (χ2v) is 5.25. The number of halogens is 1. The number of rotatable bonds is 4. The van der Waals surface area contributed by atoms with Gasteiger partial charge in [-0.25, -0.2) is 0 Å². The van der Waals surface area contributed by atoms with E-state index in [2.05, 4.69) is 4.90 Å². The van der Waals surface area contributed by atoms with Crippen molar-refractivity contribution < 1.29 is 4.74 Å². The number of ether oxygens (including phenoxy) is 1. The molecule has 100 valence electrons. The highest BCUT2D eigenvalue weighted by Crippen LogP contribution is 2.34. The molecule has 0 aromatic heterocycles. The van der Waals surface area contributed by atoms with E-state index in [1.165, 1.54) is 12.8 Å². The maximum Gasteiger partial charge on any atom is 0.124 e. The van der Waals surface area contributed by atoms with E-state index in [0.29, 0.717) is 6.54 Å². The number of methoxy groups -OCH3 is 1. The Morgan fingerprint density at radius 2 is 2.06 bits per heavy atom. The second-order valence-electron chi connectivity index (χ2n) is 4.84. The summed E-state index contributed by atoms with van der Waals surface area (Å²) in [4.78, 5) is 2.42. The first-order chi connectivity index (χ1) is 8.67. The lowest BCUT2D eigenvalue weighted by Crippen LogP contribution is -2.31. The van der Waals surface area contributed by atoms with Gasteiger partial charge in [0.05, 0.1) is 13.2 Å². The summed E-state index contributed by atoms with van der Waals surface area (Å²) in [6.07, 6.45) is 2.50. The topological polar surface area (TPSA) is 38.5 Å². The van der Waals surface area contributed by atoms with Crippen LogP contribution in [0.15, 0.2) is 12.1 Å². The molecule has 18 heavy (non-hydrogen) atoms. The van der Waals surface area contributed by atoms with Crippen LogP contribution in [0.5, 0.6) is 5.75 Å². The maximum absolute atomic E-state index is 6.24. The molecule has 4 heteroatoms. The molecule has 0 saturated carbocycles. The van der Waals surface area contributed by atoms with Crippen molar-refractivity contribution >= 4 is 11.6 Å². The standard InChI is InChI=1S/C14H21ClN2O/c1-10-7-14(18-2)11(8-12(10)15)13(9-16)17-5-3-4-6-17/h7-8,13H,3-6,9,16H2,1-2H3. The van der Waals surface area contributed by atoms with Crippen molar-refractivity contribution in [2.75, 3.05) is 26.7 Å². The summed E-state index contributed by atoms with van der Waals surface area (Å²) in [7, 11) is 1.70. The van der Waals surface area contributed by atoms with E-state index in [4.69, 9.17) is 22.1 Å². The Morgan fingerprint density at radius 3 is 2.61 bits per heavy atom. The van der Waals surface area contributed by atoms with Gasteiger partial charge >= 0.3 is 0 Å². The summed E-state index contributed by atoms with van der Waals surface area (Å²) in [5.41, 5.74) is 8.10. The van der Waals surface area contributed by atoms with E-state index in [1.54, 1.807) is 7.11 Å². The van der Waals surface area contributed by atoms with Gasteiger partial charge in [0, 0.05) is 17.1 Å². The van der Waals surface area contributed by atoms with Crippen LogP contribution in [0.1, 0.15) is 30.0 Å². The smallest absolute Gasteiger partial charge is 0.124 e. The molecule has 1 saturated heterocycles. The van der Waals surface area contributed by atoms with E-state index in [-0.39, 0.29) is 6.04 Å². The van der Waals surface area contributed by atoms with Crippen LogP contribution < -0.4 is 10.5 Å². The molecule has 2 N–H and O–H groups in total. The lowest BCUT2D eigenvalue weighted by molar-refractivity contribution is 0.245. The fraction of sp³-hybridized carbons (Fsp3) is 0.571. The Morgan fingerprint density at radius 1 is 1.39 bits per heavy atom. The average molecular weight is 269 g/mol. The molecule has 0 aliphatic carbocycles. The first kappa shape index (κ1) is 13.7. The Labute approximate surface area is 114 Å². The minimum Gasteiger partial charge on any atom is -0.496 e. The third-order valence-electron chi connectivity index (χ3n) is 3.67. The van der Waals surface area contributed by atoms with Gasteiger partial charge in [-0.3, -0.25) is 4.90 Å². The quantitative estimate of drug-likeness (QED) is 0.913. The number of aryl methyl sites for hydroxylation is 1. The molecule has 0 spiro atoms. The molecule has 0 amide bonds. The van der Waals surface area contributed by atoms with Gasteiger partial charge in [-0.15, -0.1) is 0 Å². The fourth-order valence-corrected chi connectivity index (χ4v) is 2.81. The van der Waals surface area contributed by atoms with Crippen LogP contribution in [0.2, 0.25) is 5.02 Å². The van der Waals surface area contributed by atoms with Crippen LogP contribution in [0.25, 0.3) is 0 Å². The Balaban J connectivity index is 2.37. The van der Waals surface area contributed by atoms with Crippen LogP contribution in [0.3, 0.4) is 0 Å². The van der Waals surface area contributed by atoms with Crippen molar-refractivity contribution in [3.05, 3.63) is 28.3 Å². The van der Waals surface area contributed by atoms with Crippen LogP contribution in [0, 0.1) is 6.92 Å². The average Bonchev–Trinajstić information content (AvgIpc) is 2.88. The summed E-state index contributed by atoms with van der Waals surface area (Å²) in [6.45, 7) is 4.80. The molecule has 3 nitrogen and oxygen atoms in total. The number of nitrogens with zero attached hydrogens (tertiary/aromatic N) is 1. The summed E-state index contributed by atoms with van der Waals surface area (Å²) in [5.74, 6) is 0.888. The number of hydrogen-bond acceptors (Lipinski definition) is 3. The normalized spacial score (nSPS) is 18.0. The van der Waals surface area contributed by atoms with Crippen LogP contribution in [-0.4, -0.2) is 31.6 Å². The van der Waals surface area contributed by atoms with Crippen molar-refractivity contribution in [2.24, 2.45) is 5.73 Å². The molecule has 1 atom stereocenters. The van der Waals surface area contributed by atoms with Gasteiger partial charge in [0.25, 0.3) is 0 Å². The molecule has 2 rings (SSSR count). The summed E-state index contributed by atoms with van der Waals surface area (Å²) in [6, 6.07) is 4.21. The van der Waals surface area contributed by atoms with Gasteiger partial charge in [-0.05, 0) is 50.6 Å². The monoisotopic (exact) mass is 268 g/mol. The lowest BCUT2D eigenvalue weighted by atomic mass is 10.0. The third-order valence-corrected chi connectivity index (χ3v) is 4.08. The third kappa shape index (κ3) is 2.63. The highest BCUT2D eigenvalue weighted by Gasteiger charge is 2.25. The van der Waals surface area contributed by atoms with E-state index >= 15 is 0 Å². The molecule has 1 heterocycles. The first-order valence-electron chi connectivity index (χ1n) is 6.45. The maximum atomic E-state index is 6.24. The van der Waals surface area contributed by atoms with Crippen molar-refractivity contribution in [2.45, 2.75) is 25.8 Å². The number of hydrogen-bond donors (Lipinski definition) is 1. The lowest BCUT2D eigenvalue weighted by Gasteiger charge is -2.28. The van der Waals surface area contributed by atoms with Crippen LogP contribution in [0.4, 0.5) is 0 Å². The minimum absolute atomic E-state index is 0.209. The zero-order valence-electron chi connectivity index (χ0n) is 11.1. The molecule has 1 unspecified atom stereocenters. The molecule has 1 aromatic carbocycles. The molecular weight excluding hydrogens is 248 g/mol. The predicted molar refractivity (Wildman–Crippen MR) is 75.3 cm³/mol. The van der Waals surface area contributed by atoms with Gasteiger partial charge in [0.2, 0.25) is 0 Å². The molecule has 1 aromatic rings. The summed E-state index contributed by atoms with van der Waals surface area (Å²) < 4.78 is 5.48. The Bertz CT molecular complexity index is 417. The predicted octanol–water partition coefficient (Wildman–Crippen LogP) is 2.75. The van der Waals surface area contributed by atoms with Crippen molar-refractivity contribution in [1.82, 2.24) is 4.90 Å². The number of nitrogens with two attached hydrogens (primary N) is 1. The fourth-order valence-electron chi connectivity index (χ4n) is 2.63. The molecular formula is C14H21ClN2O. The molecule has 1 aliphatic rings. The SMILES string of the molecule is COc1cc(C)c(Cl)cc1C(CN)N1CCCC1. The molecule has 0 bridgehead atoms. The van der Waals surface area contributed by atoms with Gasteiger partial charge < -0.3 is 10.5 Å². The number of benzene rings is 1. The summed E-state index contributed by atoms with van der Waals surface area (Å²) >= 11 is 6.24. The van der Waals surface area contributed by atoms with Gasteiger partial charge in [0.1, 0.15) is 5.75 Å². The van der Waals surface area contributed by atoms with Gasteiger partial charge in [0.15, 0.2) is 0 Å². The Kier molecular flexibility index (Phi) is 4.49. The highest BCUT2D eigenvalue weighted by atomic mass is 35.5. The first-order valence-corrected chi connectivity index (χ1v) is 6.83. The largest absolute Gasteiger partial charge is 0.496 e. The van der Waals surface area contributed by atoms with Crippen LogP contribution in [-0.2, 0) is 0 Å². The van der Waals surface area contributed by atoms with Crippen molar-refractivity contribution in [3.63, 3.8) is 0 Å². The minimum atomic E-state index is 0.209. The van der Waals surface area contributed by atoms with Crippen LogP contribution >= 0.6 is 11.6 Å². The van der Waals surface area contributed by atoms with Crippen molar-refractivity contribution in [1.29, 1.82) is 0 Å². The van der Waals surface area contributed by atoms with E-state index < -0.39 is 0 Å². The van der Waals surface area contributed by atoms with E-state index in [1.807, 2.05) is 19.1 Å². The second kappa shape index (κ2) is 5.91. The highest BCUT2D eigenvalue weighted by molar-refractivity contribution is 6.31. The summed E-state index contributed by atoms with van der Waals surface area (Å²) in [5, 5.41) is 0.781. The van der Waals surface area contributed by atoms with Gasteiger partial charge in [-0.1, -0.05) is 11.6 Å². The zero-order valence-corrected chi connectivity index (χ0v) is 11.8. The van der Waals surface area contributed by atoms with Gasteiger partial charge in [-0.2, -0.15) is 0 Å². The molecule has 0 radical (unpaired) electrons. The Hall–Kier alpha value is -0.770. The zero-order chi connectivity index (χ0) is 13.1. The molecule has 1 aliphatic heterocycles. The van der Waals surface area contributed by atoms with Crippen molar-refractivity contribution in [3.8, 4) is 5.75 Å².